The molecule has 2 amide bonds. The molecule has 2 atom stereocenters. The molecule has 1 saturated carbocycles. The van der Waals surface area contributed by atoms with Crippen molar-refractivity contribution in [3.8, 4) is 11.3 Å². The maximum atomic E-state index is 13.6. The van der Waals surface area contributed by atoms with Gasteiger partial charge in [0, 0.05) is 48.0 Å². The van der Waals surface area contributed by atoms with Gasteiger partial charge in [-0.3, -0.25) is 14.5 Å². The van der Waals surface area contributed by atoms with Gasteiger partial charge in [0.1, 0.15) is 6.04 Å². The number of amides is 2. The Hall–Kier alpha value is -3.73. The number of anilines is 1. The fraction of sp³-hybridized carbons (Fsp3) is 0.375. The van der Waals surface area contributed by atoms with Crippen LogP contribution in [0.1, 0.15) is 37.3 Å². The van der Waals surface area contributed by atoms with E-state index >= 15 is 0 Å². The van der Waals surface area contributed by atoms with Gasteiger partial charge in [-0.25, -0.2) is 8.78 Å². The number of benzene rings is 1. The van der Waals surface area contributed by atoms with E-state index in [-0.39, 0.29) is 38.2 Å². The minimum Gasteiger partial charge on any atom is -0.363 e. The molecule has 182 valence electrons. The number of rotatable bonds is 7. The lowest BCUT2D eigenvalue weighted by atomic mass is 9.91. The van der Waals surface area contributed by atoms with E-state index in [9.17, 15) is 18.4 Å². The first-order chi connectivity index (χ1) is 16.9. The van der Waals surface area contributed by atoms with Crippen molar-refractivity contribution in [3.05, 3.63) is 60.6 Å². The number of nitrogens with one attached hydrogen (secondary N) is 1. The zero-order valence-electron chi connectivity index (χ0n) is 18.6. The minimum atomic E-state index is -2.72. The summed E-state index contributed by atoms with van der Waals surface area (Å²) in [7, 11) is 0. The summed E-state index contributed by atoms with van der Waals surface area (Å²) < 4.78 is 37.7. The Bertz CT molecular complexity index is 1160. The monoisotopic (exact) mass is 483 g/mol. The van der Waals surface area contributed by atoms with E-state index in [4.69, 9.17) is 9.26 Å². The maximum Gasteiger partial charge on any atom is 0.259 e. The first-order valence-electron chi connectivity index (χ1n) is 11.3. The van der Waals surface area contributed by atoms with Crippen molar-refractivity contribution in [2.24, 2.45) is 0 Å². The smallest absolute Gasteiger partial charge is 0.259 e. The standard InChI is InChI=1S/C24H23F2N5O4/c25-24(26)9-5-17(6-10-24)30-22(32)21(16-7-11-27-28-13-16)31(23(33)20-14-34-20)18-3-1-15(2-4-18)19-8-12-29-35-19/h1-4,7-8,11-13,17,20-21H,5-6,9-10,14H2,(H,30,32). The average molecular weight is 483 g/mol. The third-order valence-electron chi connectivity index (χ3n) is 6.21. The summed E-state index contributed by atoms with van der Waals surface area (Å²) in [5, 5.41) is 14.2. The largest absolute Gasteiger partial charge is 0.363 e. The molecule has 2 aromatic heterocycles. The van der Waals surface area contributed by atoms with Crippen molar-refractivity contribution < 1.29 is 27.6 Å². The number of epoxide rings is 1. The molecule has 3 heterocycles. The van der Waals surface area contributed by atoms with Crippen LogP contribution in [0.4, 0.5) is 14.5 Å². The number of aromatic nitrogens is 3. The Labute approximate surface area is 199 Å². The number of hydrogen-bond acceptors (Lipinski definition) is 7. The van der Waals surface area contributed by atoms with Crippen LogP contribution >= 0.6 is 0 Å². The van der Waals surface area contributed by atoms with Crippen LogP contribution in [0.2, 0.25) is 0 Å². The zero-order chi connectivity index (χ0) is 24.4. The second-order valence-electron chi connectivity index (χ2n) is 8.67. The summed E-state index contributed by atoms with van der Waals surface area (Å²) in [6.07, 6.45) is 3.44. The summed E-state index contributed by atoms with van der Waals surface area (Å²) in [4.78, 5) is 28.3. The molecule has 1 saturated heterocycles. The SMILES string of the molecule is O=C(NC1CCC(F)(F)CC1)C(c1ccnnc1)N(C(=O)C1CO1)c1ccc(-c2ccno2)cc1. The van der Waals surface area contributed by atoms with Crippen LogP contribution in [-0.4, -0.2) is 51.8 Å². The zero-order valence-corrected chi connectivity index (χ0v) is 18.6. The highest BCUT2D eigenvalue weighted by atomic mass is 19.3. The van der Waals surface area contributed by atoms with Gasteiger partial charge in [-0.05, 0) is 43.2 Å². The molecular formula is C24H23F2N5O4. The van der Waals surface area contributed by atoms with Crippen LogP contribution in [0.25, 0.3) is 11.3 Å². The van der Waals surface area contributed by atoms with Gasteiger partial charge < -0.3 is 14.6 Å². The van der Waals surface area contributed by atoms with Crippen LogP contribution < -0.4 is 10.2 Å². The lowest BCUT2D eigenvalue weighted by Gasteiger charge is -2.34. The summed E-state index contributed by atoms with van der Waals surface area (Å²) in [5.41, 5.74) is 1.64. The Balaban J connectivity index is 1.47. The van der Waals surface area contributed by atoms with E-state index in [1.165, 1.54) is 23.5 Å². The van der Waals surface area contributed by atoms with Gasteiger partial charge in [-0.2, -0.15) is 10.2 Å². The molecule has 11 heteroatoms. The highest BCUT2D eigenvalue weighted by Gasteiger charge is 2.43. The highest BCUT2D eigenvalue weighted by Crippen LogP contribution is 2.35. The lowest BCUT2D eigenvalue weighted by molar-refractivity contribution is -0.128. The molecule has 2 unspecified atom stereocenters. The molecule has 0 bridgehead atoms. The Morgan fingerprint density at radius 1 is 1.06 bits per heavy atom. The first-order valence-corrected chi connectivity index (χ1v) is 11.3. The first kappa shape index (κ1) is 23.0. The predicted molar refractivity (Wildman–Crippen MR) is 119 cm³/mol. The average Bonchev–Trinajstić information content (AvgIpc) is 3.58. The Morgan fingerprint density at radius 2 is 1.80 bits per heavy atom. The molecular weight excluding hydrogens is 460 g/mol. The summed E-state index contributed by atoms with van der Waals surface area (Å²) >= 11 is 0. The second-order valence-corrected chi connectivity index (χ2v) is 8.67. The van der Waals surface area contributed by atoms with E-state index in [1.54, 1.807) is 36.4 Å². The van der Waals surface area contributed by atoms with Gasteiger partial charge in [0.2, 0.25) is 11.8 Å². The molecule has 0 radical (unpaired) electrons. The Kier molecular flexibility index (Phi) is 6.25. The van der Waals surface area contributed by atoms with E-state index in [1.807, 2.05) is 0 Å². The number of ether oxygens (including phenoxy) is 1. The number of nitrogens with zero attached hydrogens (tertiary/aromatic N) is 4. The minimum absolute atomic E-state index is 0.158. The molecule has 9 nitrogen and oxygen atoms in total. The van der Waals surface area contributed by atoms with Gasteiger partial charge in [0.15, 0.2) is 11.9 Å². The van der Waals surface area contributed by atoms with E-state index in [0.717, 1.165) is 5.56 Å². The highest BCUT2D eigenvalue weighted by molar-refractivity contribution is 6.04. The number of carbonyl (C=O) groups is 2. The molecule has 0 spiro atoms. The predicted octanol–water partition coefficient (Wildman–Crippen LogP) is 3.30. The van der Waals surface area contributed by atoms with Gasteiger partial charge in [-0.15, -0.1) is 0 Å². The van der Waals surface area contributed by atoms with Gasteiger partial charge in [0.25, 0.3) is 5.91 Å². The molecule has 5 rings (SSSR count). The molecule has 2 fully saturated rings. The van der Waals surface area contributed by atoms with Crippen molar-refractivity contribution in [1.82, 2.24) is 20.7 Å². The van der Waals surface area contributed by atoms with Crippen molar-refractivity contribution in [2.75, 3.05) is 11.5 Å². The Morgan fingerprint density at radius 3 is 2.40 bits per heavy atom. The van der Waals surface area contributed by atoms with Crippen LogP contribution in [0, 0.1) is 0 Å². The fourth-order valence-corrected chi connectivity index (χ4v) is 4.25. The molecule has 3 aromatic rings. The summed E-state index contributed by atoms with van der Waals surface area (Å²) in [6.45, 7) is 0.256. The van der Waals surface area contributed by atoms with Gasteiger partial charge >= 0.3 is 0 Å². The number of hydrogen-bond donors (Lipinski definition) is 1. The number of carbonyl (C=O) groups excluding carboxylic acids is 2. The molecule has 2 aliphatic rings. The normalized spacial score (nSPS) is 20.1. The van der Waals surface area contributed by atoms with Crippen molar-refractivity contribution >= 4 is 17.5 Å². The molecule has 1 aliphatic carbocycles. The third kappa shape index (κ3) is 5.19. The van der Waals surface area contributed by atoms with Gasteiger partial charge in [0.05, 0.1) is 19.0 Å². The lowest BCUT2D eigenvalue weighted by Crippen LogP contribution is -2.49. The van der Waals surface area contributed by atoms with Crippen LogP contribution in [0.15, 0.2) is 59.5 Å². The van der Waals surface area contributed by atoms with Crippen LogP contribution in [0.3, 0.4) is 0 Å². The summed E-state index contributed by atoms with van der Waals surface area (Å²) in [5.74, 6) is -3.03. The molecule has 35 heavy (non-hydrogen) atoms. The topological polar surface area (TPSA) is 114 Å². The van der Waals surface area contributed by atoms with Crippen molar-refractivity contribution in [1.29, 1.82) is 0 Å². The quantitative estimate of drug-likeness (QED) is 0.513. The van der Waals surface area contributed by atoms with E-state index < -0.39 is 30.0 Å². The number of halogens is 2. The second kappa shape index (κ2) is 9.49. The molecule has 1 N–H and O–H groups in total. The maximum absolute atomic E-state index is 13.6. The van der Waals surface area contributed by atoms with Crippen molar-refractivity contribution in [2.45, 2.75) is 49.8 Å². The number of alkyl halides is 2. The van der Waals surface area contributed by atoms with E-state index in [2.05, 4.69) is 20.7 Å². The third-order valence-corrected chi connectivity index (χ3v) is 6.21. The van der Waals surface area contributed by atoms with Gasteiger partial charge in [-0.1, -0.05) is 5.16 Å². The molecule has 1 aromatic carbocycles. The fourth-order valence-electron chi connectivity index (χ4n) is 4.25. The van der Waals surface area contributed by atoms with Crippen LogP contribution in [0.5, 0.6) is 0 Å². The van der Waals surface area contributed by atoms with Crippen molar-refractivity contribution in [3.63, 3.8) is 0 Å². The van der Waals surface area contributed by atoms with Crippen LogP contribution in [-0.2, 0) is 14.3 Å². The van der Waals surface area contributed by atoms with E-state index in [0.29, 0.717) is 17.0 Å². The summed E-state index contributed by atoms with van der Waals surface area (Å²) in [6, 6.07) is 8.72. The molecule has 1 aliphatic heterocycles.